The first kappa shape index (κ1) is 20.4. The van der Waals surface area contributed by atoms with Crippen molar-refractivity contribution in [3.63, 3.8) is 0 Å². The molecule has 0 aliphatic carbocycles. The minimum absolute atomic E-state index is 0.142. The Bertz CT molecular complexity index is 963. The Morgan fingerprint density at radius 3 is 2.14 bits per heavy atom. The van der Waals surface area contributed by atoms with Crippen molar-refractivity contribution < 1.29 is 27.4 Å². The van der Waals surface area contributed by atoms with Gasteiger partial charge in [-0.1, -0.05) is 11.6 Å². The first-order valence-corrected chi connectivity index (χ1v) is 8.53. The van der Waals surface area contributed by atoms with Gasteiger partial charge in [-0.15, -0.1) is 0 Å². The fourth-order valence-corrected chi connectivity index (χ4v) is 2.22. The summed E-state index contributed by atoms with van der Waals surface area (Å²) in [6.07, 6.45) is -1.90. The standard InChI is InChI=1S/C19H13ClF3N3O3/c20-13-1-3-14(4-2-13)26-18-24-9-12(10-25-18)11-28-15-5-7-16(8-6-15)29-17(27)19(21,22)23/h1-10H,11H2,(H,24,25,26). The Balaban J connectivity index is 1.52. The molecule has 1 N–H and O–H groups in total. The number of nitrogens with zero attached hydrogens (tertiary/aromatic N) is 2. The fraction of sp³-hybridized carbons (Fsp3) is 0.105. The molecule has 6 nitrogen and oxygen atoms in total. The molecule has 150 valence electrons. The van der Waals surface area contributed by atoms with Crippen LogP contribution in [0.5, 0.6) is 11.5 Å². The highest BCUT2D eigenvalue weighted by Crippen LogP contribution is 2.23. The Hall–Kier alpha value is -3.33. The van der Waals surface area contributed by atoms with Gasteiger partial charge in [0.25, 0.3) is 0 Å². The van der Waals surface area contributed by atoms with Gasteiger partial charge >= 0.3 is 12.1 Å². The van der Waals surface area contributed by atoms with Gasteiger partial charge in [0, 0.05) is 28.7 Å². The maximum absolute atomic E-state index is 12.2. The minimum Gasteiger partial charge on any atom is -0.489 e. The molecule has 0 unspecified atom stereocenters. The minimum atomic E-state index is -5.05. The SMILES string of the molecule is O=C(Oc1ccc(OCc2cnc(Nc3ccc(Cl)cc3)nc2)cc1)C(F)(F)F. The van der Waals surface area contributed by atoms with Gasteiger partial charge in [-0.3, -0.25) is 0 Å². The predicted molar refractivity (Wildman–Crippen MR) is 99.2 cm³/mol. The van der Waals surface area contributed by atoms with Crippen LogP contribution in [0, 0.1) is 0 Å². The van der Waals surface area contributed by atoms with E-state index in [2.05, 4.69) is 20.0 Å². The van der Waals surface area contributed by atoms with Gasteiger partial charge in [0.15, 0.2) is 0 Å². The van der Waals surface area contributed by atoms with E-state index in [-0.39, 0.29) is 12.4 Å². The molecule has 0 aliphatic rings. The summed E-state index contributed by atoms with van der Waals surface area (Å²) in [5, 5.41) is 3.64. The van der Waals surface area contributed by atoms with E-state index in [1.165, 1.54) is 24.3 Å². The second-order valence-electron chi connectivity index (χ2n) is 5.69. The number of carbonyl (C=O) groups is 1. The molecule has 0 aliphatic heterocycles. The molecule has 1 heterocycles. The van der Waals surface area contributed by atoms with Gasteiger partial charge < -0.3 is 14.8 Å². The van der Waals surface area contributed by atoms with Gasteiger partial charge in [-0.05, 0) is 48.5 Å². The number of carbonyl (C=O) groups excluding carboxylic acids is 1. The van der Waals surface area contributed by atoms with Gasteiger partial charge in [0.05, 0.1) is 0 Å². The number of aromatic nitrogens is 2. The highest BCUT2D eigenvalue weighted by atomic mass is 35.5. The topological polar surface area (TPSA) is 73.3 Å². The van der Waals surface area contributed by atoms with E-state index < -0.39 is 12.1 Å². The smallest absolute Gasteiger partial charge is 0.489 e. The molecule has 0 amide bonds. The first-order valence-electron chi connectivity index (χ1n) is 8.15. The first-order chi connectivity index (χ1) is 13.8. The summed E-state index contributed by atoms with van der Waals surface area (Å²) in [4.78, 5) is 19.1. The lowest BCUT2D eigenvalue weighted by molar-refractivity contribution is -0.189. The van der Waals surface area contributed by atoms with Gasteiger partial charge in [0.2, 0.25) is 5.95 Å². The van der Waals surface area contributed by atoms with Crippen LogP contribution in [-0.4, -0.2) is 22.1 Å². The molecule has 0 radical (unpaired) electrons. The zero-order valence-corrected chi connectivity index (χ0v) is 15.4. The number of halogens is 4. The third-order valence-electron chi connectivity index (χ3n) is 3.48. The lowest BCUT2D eigenvalue weighted by atomic mass is 10.3. The summed E-state index contributed by atoms with van der Waals surface area (Å²) >= 11 is 5.83. The van der Waals surface area contributed by atoms with E-state index in [0.29, 0.717) is 22.3 Å². The molecule has 3 aromatic rings. The van der Waals surface area contributed by atoms with Crippen molar-refractivity contribution in [3.8, 4) is 11.5 Å². The van der Waals surface area contributed by atoms with E-state index >= 15 is 0 Å². The van der Waals surface area contributed by atoms with E-state index in [1.54, 1.807) is 36.7 Å². The summed E-state index contributed by atoms with van der Waals surface area (Å²) in [5.41, 5.74) is 1.46. The molecule has 2 aromatic carbocycles. The number of hydrogen-bond acceptors (Lipinski definition) is 6. The van der Waals surface area contributed by atoms with Crippen LogP contribution in [0.25, 0.3) is 0 Å². The van der Waals surface area contributed by atoms with Crippen molar-refractivity contribution >= 4 is 29.2 Å². The van der Waals surface area contributed by atoms with E-state index in [9.17, 15) is 18.0 Å². The third-order valence-corrected chi connectivity index (χ3v) is 3.73. The summed E-state index contributed by atoms with van der Waals surface area (Å²) in [6, 6.07) is 12.2. The molecule has 10 heteroatoms. The maximum atomic E-state index is 12.2. The average Bonchev–Trinajstić information content (AvgIpc) is 2.69. The number of nitrogens with one attached hydrogen (secondary N) is 1. The van der Waals surface area contributed by atoms with Gasteiger partial charge in [0.1, 0.15) is 18.1 Å². The lowest BCUT2D eigenvalue weighted by Crippen LogP contribution is -2.27. The van der Waals surface area contributed by atoms with E-state index in [0.717, 1.165) is 5.69 Å². The molecule has 1 aromatic heterocycles. The molecule has 29 heavy (non-hydrogen) atoms. The van der Waals surface area contributed by atoms with Gasteiger partial charge in [-0.2, -0.15) is 13.2 Å². The van der Waals surface area contributed by atoms with Crippen LogP contribution in [0.4, 0.5) is 24.8 Å². The molecule has 0 saturated carbocycles. The number of benzene rings is 2. The average molecular weight is 424 g/mol. The monoisotopic (exact) mass is 423 g/mol. The van der Waals surface area contributed by atoms with Crippen LogP contribution < -0.4 is 14.8 Å². The number of anilines is 2. The normalized spacial score (nSPS) is 11.0. The summed E-state index contributed by atoms with van der Waals surface area (Å²) < 4.78 is 46.2. The highest BCUT2D eigenvalue weighted by molar-refractivity contribution is 6.30. The Morgan fingerprint density at radius 1 is 0.966 bits per heavy atom. The highest BCUT2D eigenvalue weighted by Gasteiger charge is 2.41. The second kappa shape index (κ2) is 8.78. The van der Waals surface area contributed by atoms with Gasteiger partial charge in [-0.25, -0.2) is 14.8 Å². The molecular formula is C19H13ClF3N3O3. The van der Waals surface area contributed by atoms with Crippen molar-refractivity contribution in [3.05, 3.63) is 71.5 Å². The Kier molecular flexibility index (Phi) is 6.18. The molecule has 0 bridgehead atoms. The zero-order valence-electron chi connectivity index (χ0n) is 14.6. The molecule has 0 saturated heterocycles. The van der Waals surface area contributed by atoms with Crippen LogP contribution in [0.15, 0.2) is 60.9 Å². The number of ether oxygens (including phenoxy) is 2. The second-order valence-corrected chi connectivity index (χ2v) is 6.13. The maximum Gasteiger partial charge on any atom is 0.491 e. The zero-order chi connectivity index (χ0) is 20.9. The van der Waals surface area contributed by atoms with Crippen molar-refractivity contribution in [2.75, 3.05) is 5.32 Å². The van der Waals surface area contributed by atoms with Crippen LogP contribution in [0.1, 0.15) is 5.56 Å². The molecular weight excluding hydrogens is 411 g/mol. The number of esters is 1. The lowest BCUT2D eigenvalue weighted by Gasteiger charge is -2.09. The van der Waals surface area contributed by atoms with Crippen molar-refractivity contribution in [1.82, 2.24) is 9.97 Å². The van der Waals surface area contributed by atoms with Crippen molar-refractivity contribution in [1.29, 1.82) is 0 Å². The quantitative estimate of drug-likeness (QED) is 0.448. The molecule has 0 spiro atoms. The van der Waals surface area contributed by atoms with Crippen molar-refractivity contribution in [2.45, 2.75) is 12.8 Å². The fourth-order valence-electron chi connectivity index (χ4n) is 2.09. The molecule has 0 fully saturated rings. The Morgan fingerprint density at radius 2 is 1.55 bits per heavy atom. The Labute approximate surface area is 168 Å². The van der Waals surface area contributed by atoms with Crippen LogP contribution in [-0.2, 0) is 11.4 Å². The molecule has 0 atom stereocenters. The van der Waals surface area contributed by atoms with Crippen LogP contribution in [0.2, 0.25) is 5.02 Å². The van der Waals surface area contributed by atoms with Crippen LogP contribution >= 0.6 is 11.6 Å². The predicted octanol–water partition coefficient (Wildman–Crippen LogP) is 4.92. The van der Waals surface area contributed by atoms with E-state index in [4.69, 9.17) is 16.3 Å². The van der Waals surface area contributed by atoms with E-state index in [1.807, 2.05) is 0 Å². The number of rotatable bonds is 6. The van der Waals surface area contributed by atoms with Crippen molar-refractivity contribution in [2.24, 2.45) is 0 Å². The number of hydrogen-bond donors (Lipinski definition) is 1. The molecule has 3 rings (SSSR count). The summed E-state index contributed by atoms with van der Waals surface area (Å²) in [6.45, 7) is 0.142. The van der Waals surface area contributed by atoms with Crippen LogP contribution in [0.3, 0.4) is 0 Å². The largest absolute Gasteiger partial charge is 0.491 e. The summed E-state index contributed by atoms with van der Waals surface area (Å²) in [7, 11) is 0. The summed E-state index contributed by atoms with van der Waals surface area (Å²) in [5.74, 6) is -1.75. The number of alkyl halides is 3. The third kappa shape index (κ3) is 6.08.